The molecule has 3 rings (SSSR count). The molecule has 10 heteroatoms. The molecule has 0 aliphatic carbocycles. The van der Waals surface area contributed by atoms with Gasteiger partial charge in [0.25, 0.3) is 12.2 Å². The van der Waals surface area contributed by atoms with Crippen molar-refractivity contribution < 1.29 is 32.2 Å². The van der Waals surface area contributed by atoms with Crippen molar-refractivity contribution in [1.29, 1.82) is 5.41 Å². The quantitative estimate of drug-likeness (QED) is 0.222. The van der Waals surface area contributed by atoms with Crippen molar-refractivity contribution in [2.45, 2.75) is 19.1 Å². The van der Waals surface area contributed by atoms with Crippen LogP contribution in [0.4, 0.5) is 18.9 Å². The molecule has 1 unspecified atom stereocenters. The SMILES string of the molecule is N=C(N)c1ccc2cccc(NC(=O)C(OCc3ccccc3)OC(=O)C(F)(F)F)c2c1. The molecule has 4 N–H and O–H groups in total. The second-order valence-corrected chi connectivity index (χ2v) is 6.68. The van der Waals surface area contributed by atoms with Crippen LogP contribution in [0.15, 0.2) is 66.7 Å². The number of halogens is 3. The number of nitrogen functional groups attached to an aromatic ring is 1. The van der Waals surface area contributed by atoms with Crippen LogP contribution in [0.3, 0.4) is 0 Å². The first-order chi connectivity index (χ1) is 15.1. The molecule has 0 aliphatic rings. The van der Waals surface area contributed by atoms with Crippen LogP contribution in [0.1, 0.15) is 11.1 Å². The number of alkyl halides is 3. The van der Waals surface area contributed by atoms with Crippen molar-refractivity contribution in [3.8, 4) is 0 Å². The van der Waals surface area contributed by atoms with E-state index in [1.165, 1.54) is 6.07 Å². The minimum atomic E-state index is -5.30. The monoisotopic (exact) mass is 445 g/mol. The highest BCUT2D eigenvalue weighted by molar-refractivity contribution is 6.06. The molecule has 3 aromatic rings. The van der Waals surface area contributed by atoms with E-state index in [0.717, 1.165) is 0 Å². The summed E-state index contributed by atoms with van der Waals surface area (Å²) in [6.45, 7) is -0.270. The Kier molecular flexibility index (Phi) is 6.74. The molecular weight excluding hydrogens is 427 g/mol. The number of fused-ring (bicyclic) bond motifs is 1. The molecule has 3 aromatic carbocycles. The van der Waals surface area contributed by atoms with Gasteiger partial charge in [-0.3, -0.25) is 10.2 Å². The van der Waals surface area contributed by atoms with Crippen LogP contribution in [0.5, 0.6) is 0 Å². The molecule has 0 saturated heterocycles. The van der Waals surface area contributed by atoms with Gasteiger partial charge in [0.1, 0.15) is 5.84 Å². The number of hydrogen-bond donors (Lipinski definition) is 3. The number of esters is 1. The van der Waals surface area contributed by atoms with Gasteiger partial charge in [-0.1, -0.05) is 54.6 Å². The molecule has 0 spiro atoms. The van der Waals surface area contributed by atoms with Crippen molar-refractivity contribution in [3.05, 3.63) is 77.9 Å². The van der Waals surface area contributed by atoms with Gasteiger partial charge in [-0.15, -0.1) is 0 Å². The fraction of sp³-hybridized carbons (Fsp3) is 0.136. The average molecular weight is 445 g/mol. The number of rotatable bonds is 7. The number of amides is 1. The second-order valence-electron chi connectivity index (χ2n) is 6.68. The van der Waals surface area contributed by atoms with Crippen LogP contribution < -0.4 is 11.1 Å². The molecule has 0 radical (unpaired) electrons. The summed E-state index contributed by atoms with van der Waals surface area (Å²) in [6.07, 6.45) is -7.46. The fourth-order valence-corrected chi connectivity index (χ4v) is 2.81. The Morgan fingerprint density at radius 1 is 1.03 bits per heavy atom. The number of amidine groups is 1. The maximum Gasteiger partial charge on any atom is 0.491 e. The number of benzene rings is 3. The molecule has 0 saturated carbocycles. The molecule has 1 atom stereocenters. The van der Waals surface area contributed by atoms with E-state index in [0.29, 0.717) is 21.9 Å². The molecule has 32 heavy (non-hydrogen) atoms. The van der Waals surface area contributed by atoms with E-state index in [4.69, 9.17) is 15.9 Å². The van der Waals surface area contributed by atoms with Crippen LogP contribution >= 0.6 is 0 Å². The van der Waals surface area contributed by atoms with E-state index in [1.807, 2.05) is 0 Å². The summed E-state index contributed by atoms with van der Waals surface area (Å²) < 4.78 is 47.6. The zero-order valence-electron chi connectivity index (χ0n) is 16.5. The summed E-state index contributed by atoms with van der Waals surface area (Å²) in [5, 5.41) is 11.2. The molecule has 0 aromatic heterocycles. The minimum absolute atomic E-state index is 0.198. The first kappa shape index (κ1) is 22.8. The number of hydrogen-bond acceptors (Lipinski definition) is 5. The topological polar surface area (TPSA) is 114 Å². The summed E-state index contributed by atoms with van der Waals surface area (Å²) in [7, 11) is 0. The largest absolute Gasteiger partial charge is 0.491 e. The normalized spacial score (nSPS) is 12.2. The summed E-state index contributed by atoms with van der Waals surface area (Å²) in [6, 6.07) is 18.1. The maximum atomic E-state index is 12.7. The molecule has 7 nitrogen and oxygen atoms in total. The molecule has 166 valence electrons. The number of nitrogens with two attached hydrogens (primary N) is 1. The first-order valence-corrected chi connectivity index (χ1v) is 9.26. The fourth-order valence-electron chi connectivity index (χ4n) is 2.81. The van der Waals surface area contributed by atoms with E-state index < -0.39 is 24.3 Å². The third-order valence-corrected chi connectivity index (χ3v) is 4.35. The predicted octanol–water partition coefficient (Wildman–Crippen LogP) is 3.71. The van der Waals surface area contributed by atoms with Crippen LogP contribution in [0, 0.1) is 5.41 Å². The van der Waals surface area contributed by atoms with Gasteiger partial charge in [0.2, 0.25) is 0 Å². The number of nitrogens with one attached hydrogen (secondary N) is 2. The lowest BCUT2D eigenvalue weighted by molar-refractivity contribution is -0.225. The number of carbonyl (C=O) groups excluding carboxylic acids is 2. The molecule has 0 aliphatic heterocycles. The van der Waals surface area contributed by atoms with E-state index in [1.54, 1.807) is 60.7 Å². The zero-order valence-corrected chi connectivity index (χ0v) is 16.5. The van der Waals surface area contributed by atoms with Gasteiger partial charge in [0, 0.05) is 16.6 Å². The molecule has 0 bridgehead atoms. The summed E-state index contributed by atoms with van der Waals surface area (Å²) in [4.78, 5) is 24.0. The van der Waals surface area contributed by atoms with E-state index in [2.05, 4.69) is 10.1 Å². The molecule has 0 heterocycles. The van der Waals surface area contributed by atoms with E-state index >= 15 is 0 Å². The summed E-state index contributed by atoms with van der Waals surface area (Å²) in [5.41, 5.74) is 6.67. The zero-order chi connectivity index (χ0) is 23.3. The third-order valence-electron chi connectivity index (χ3n) is 4.35. The van der Waals surface area contributed by atoms with Crippen LogP contribution in [0.2, 0.25) is 0 Å². The van der Waals surface area contributed by atoms with Gasteiger partial charge < -0.3 is 20.5 Å². The highest BCUT2D eigenvalue weighted by atomic mass is 19.4. The predicted molar refractivity (Wildman–Crippen MR) is 111 cm³/mol. The standard InChI is InChI=1S/C22H18F3N3O4/c23-22(24,25)21(30)32-20(31-12-13-5-2-1-3-6-13)19(29)28-17-8-4-7-14-9-10-15(18(26)27)11-16(14)17/h1-11,20H,12H2,(H3,26,27)(H,28,29). The number of anilines is 1. The van der Waals surface area contributed by atoms with Crippen LogP contribution in [-0.2, 0) is 25.7 Å². The van der Waals surface area contributed by atoms with Gasteiger partial charge in [0.05, 0.1) is 6.61 Å². The average Bonchev–Trinajstić information content (AvgIpc) is 2.76. The van der Waals surface area contributed by atoms with Gasteiger partial charge in [0.15, 0.2) is 0 Å². The van der Waals surface area contributed by atoms with Crippen molar-refractivity contribution in [3.63, 3.8) is 0 Å². The van der Waals surface area contributed by atoms with Gasteiger partial charge >= 0.3 is 12.1 Å². The second kappa shape index (κ2) is 9.48. The lowest BCUT2D eigenvalue weighted by atomic mass is 10.0. The maximum absolute atomic E-state index is 12.7. The number of carbonyl (C=O) groups is 2. The number of ether oxygens (including phenoxy) is 2. The van der Waals surface area contributed by atoms with Gasteiger partial charge in [-0.25, -0.2) is 4.79 Å². The lowest BCUT2D eigenvalue weighted by Gasteiger charge is -2.19. The van der Waals surface area contributed by atoms with Crippen molar-refractivity contribution in [2.75, 3.05) is 5.32 Å². The Balaban J connectivity index is 1.86. The Hall–Kier alpha value is -3.92. The summed E-state index contributed by atoms with van der Waals surface area (Å²) in [5.74, 6) is -3.86. The Morgan fingerprint density at radius 3 is 2.41 bits per heavy atom. The van der Waals surface area contributed by atoms with Crippen molar-refractivity contribution in [2.24, 2.45) is 5.73 Å². The third kappa shape index (κ3) is 5.61. The van der Waals surface area contributed by atoms with Gasteiger partial charge in [-0.05, 0) is 23.1 Å². The first-order valence-electron chi connectivity index (χ1n) is 9.26. The van der Waals surface area contributed by atoms with E-state index in [-0.39, 0.29) is 18.1 Å². The summed E-state index contributed by atoms with van der Waals surface area (Å²) >= 11 is 0. The molecule has 0 fully saturated rings. The van der Waals surface area contributed by atoms with E-state index in [9.17, 15) is 22.8 Å². The highest BCUT2D eigenvalue weighted by Gasteiger charge is 2.43. The minimum Gasteiger partial charge on any atom is -0.419 e. The molecular formula is C22H18F3N3O4. The molecule has 1 amide bonds. The van der Waals surface area contributed by atoms with Crippen molar-refractivity contribution >= 4 is 34.2 Å². The highest BCUT2D eigenvalue weighted by Crippen LogP contribution is 2.25. The van der Waals surface area contributed by atoms with Gasteiger partial charge in [-0.2, -0.15) is 13.2 Å². The Bertz CT molecular complexity index is 1150. The lowest BCUT2D eigenvalue weighted by Crippen LogP contribution is -2.39. The smallest absolute Gasteiger partial charge is 0.419 e. The Labute approximate surface area is 180 Å². The Morgan fingerprint density at radius 2 is 1.75 bits per heavy atom. The van der Waals surface area contributed by atoms with Crippen LogP contribution in [0.25, 0.3) is 10.8 Å². The van der Waals surface area contributed by atoms with Crippen molar-refractivity contribution in [1.82, 2.24) is 0 Å². The van der Waals surface area contributed by atoms with Crippen LogP contribution in [-0.4, -0.2) is 30.2 Å².